The standard InChI is InChI=1S/C21H18N6O6/c1-12-6-7-16-15(8-12)20(30)25(2)21-24-23-17(26(16)21)11-33-18(28)10-22-19(29)13-4-3-5-14(9-13)27(31)32/h3-9H,10-11H2,1-2H3,(H,22,29). The van der Waals surface area contributed by atoms with Crippen molar-refractivity contribution in [2.45, 2.75) is 13.5 Å². The van der Waals surface area contributed by atoms with Crippen LogP contribution in [0.1, 0.15) is 21.7 Å². The Labute approximate surface area is 185 Å². The molecule has 0 unspecified atom stereocenters. The molecule has 4 rings (SSSR count). The number of rotatable bonds is 6. The van der Waals surface area contributed by atoms with Gasteiger partial charge in [-0.15, -0.1) is 10.2 Å². The summed E-state index contributed by atoms with van der Waals surface area (Å²) in [5.74, 6) is -0.801. The molecule has 0 bridgehead atoms. The molecular weight excluding hydrogens is 432 g/mol. The third-order valence-electron chi connectivity index (χ3n) is 5.02. The fourth-order valence-electron chi connectivity index (χ4n) is 3.36. The number of non-ortho nitro benzene ring substituents is 1. The van der Waals surface area contributed by atoms with Crippen LogP contribution in [0.2, 0.25) is 0 Å². The van der Waals surface area contributed by atoms with Gasteiger partial charge in [0, 0.05) is 24.7 Å². The maximum Gasteiger partial charge on any atom is 0.325 e. The van der Waals surface area contributed by atoms with Crippen LogP contribution in [0.15, 0.2) is 47.3 Å². The van der Waals surface area contributed by atoms with Gasteiger partial charge >= 0.3 is 5.97 Å². The number of benzene rings is 2. The highest BCUT2D eigenvalue weighted by Gasteiger charge is 2.17. The monoisotopic (exact) mass is 450 g/mol. The molecule has 168 valence electrons. The third-order valence-corrected chi connectivity index (χ3v) is 5.02. The number of fused-ring (bicyclic) bond motifs is 3. The number of carbonyl (C=O) groups is 2. The van der Waals surface area contributed by atoms with Gasteiger partial charge in [0.2, 0.25) is 5.78 Å². The summed E-state index contributed by atoms with van der Waals surface area (Å²) >= 11 is 0. The van der Waals surface area contributed by atoms with Gasteiger partial charge in [0.25, 0.3) is 17.2 Å². The van der Waals surface area contributed by atoms with Gasteiger partial charge in [-0.05, 0) is 25.1 Å². The van der Waals surface area contributed by atoms with Crippen molar-refractivity contribution in [2.24, 2.45) is 7.05 Å². The lowest BCUT2D eigenvalue weighted by molar-refractivity contribution is -0.384. The summed E-state index contributed by atoms with van der Waals surface area (Å²) in [6.07, 6.45) is 0. The molecule has 1 amide bonds. The van der Waals surface area contributed by atoms with Gasteiger partial charge < -0.3 is 10.1 Å². The van der Waals surface area contributed by atoms with Crippen molar-refractivity contribution in [1.29, 1.82) is 0 Å². The Morgan fingerprint density at radius 3 is 2.73 bits per heavy atom. The number of carbonyl (C=O) groups excluding carboxylic acids is 2. The van der Waals surface area contributed by atoms with E-state index in [0.717, 1.165) is 11.6 Å². The summed E-state index contributed by atoms with van der Waals surface area (Å²) in [7, 11) is 1.58. The van der Waals surface area contributed by atoms with Crippen LogP contribution in [0.3, 0.4) is 0 Å². The number of nitrogens with zero attached hydrogens (tertiary/aromatic N) is 5. The molecule has 0 fully saturated rings. The van der Waals surface area contributed by atoms with Crippen molar-refractivity contribution < 1.29 is 19.2 Å². The maximum absolute atomic E-state index is 12.6. The van der Waals surface area contributed by atoms with Crippen molar-refractivity contribution >= 4 is 34.2 Å². The van der Waals surface area contributed by atoms with E-state index in [1.807, 2.05) is 13.0 Å². The Bertz CT molecular complexity index is 1490. The maximum atomic E-state index is 12.6. The largest absolute Gasteiger partial charge is 0.456 e. The van der Waals surface area contributed by atoms with Crippen molar-refractivity contribution in [3.63, 3.8) is 0 Å². The van der Waals surface area contributed by atoms with E-state index in [0.29, 0.717) is 22.5 Å². The minimum Gasteiger partial charge on any atom is -0.456 e. The van der Waals surface area contributed by atoms with E-state index in [-0.39, 0.29) is 23.4 Å². The first-order chi connectivity index (χ1) is 15.8. The zero-order valence-electron chi connectivity index (χ0n) is 17.6. The molecule has 0 saturated carbocycles. The molecule has 12 heteroatoms. The Hall–Kier alpha value is -4.61. The van der Waals surface area contributed by atoms with Crippen LogP contribution in [0.25, 0.3) is 16.7 Å². The van der Waals surface area contributed by atoms with Crippen LogP contribution >= 0.6 is 0 Å². The second-order valence-corrected chi connectivity index (χ2v) is 7.29. The lowest BCUT2D eigenvalue weighted by Gasteiger charge is -2.09. The molecule has 2 heterocycles. The van der Waals surface area contributed by atoms with Gasteiger partial charge in [0.15, 0.2) is 12.4 Å². The fraction of sp³-hybridized carbons (Fsp3) is 0.190. The SMILES string of the molecule is Cc1ccc2c(c1)c(=O)n(C)c1nnc(COC(=O)CNC(=O)c3cccc([N+](=O)[O-])c3)n21. The van der Waals surface area contributed by atoms with E-state index < -0.39 is 23.3 Å². The molecule has 33 heavy (non-hydrogen) atoms. The van der Waals surface area contributed by atoms with E-state index in [2.05, 4.69) is 15.5 Å². The molecule has 12 nitrogen and oxygen atoms in total. The topological polar surface area (TPSA) is 151 Å². The first kappa shape index (κ1) is 21.6. The van der Waals surface area contributed by atoms with Gasteiger partial charge in [-0.2, -0.15) is 0 Å². The molecule has 1 N–H and O–H groups in total. The molecular formula is C21H18N6O6. The highest BCUT2D eigenvalue weighted by Crippen LogP contribution is 2.16. The van der Waals surface area contributed by atoms with Gasteiger partial charge in [-0.3, -0.25) is 33.5 Å². The number of aryl methyl sites for hydroxylation is 2. The molecule has 2 aromatic carbocycles. The molecule has 0 atom stereocenters. The summed E-state index contributed by atoms with van der Waals surface area (Å²) < 4.78 is 8.20. The van der Waals surface area contributed by atoms with E-state index in [9.17, 15) is 24.5 Å². The fourth-order valence-corrected chi connectivity index (χ4v) is 3.36. The van der Waals surface area contributed by atoms with Crippen LogP contribution < -0.4 is 10.9 Å². The lowest BCUT2D eigenvalue weighted by Crippen LogP contribution is -2.30. The molecule has 0 radical (unpaired) electrons. The summed E-state index contributed by atoms with van der Waals surface area (Å²) in [6.45, 7) is 1.18. The third kappa shape index (κ3) is 4.13. The summed E-state index contributed by atoms with van der Waals surface area (Å²) in [5.41, 5.74) is 1.08. The second-order valence-electron chi connectivity index (χ2n) is 7.29. The van der Waals surface area contributed by atoms with Gasteiger partial charge in [-0.25, -0.2) is 0 Å². The van der Waals surface area contributed by atoms with E-state index in [1.165, 1.54) is 22.8 Å². The van der Waals surface area contributed by atoms with E-state index in [4.69, 9.17) is 4.74 Å². The van der Waals surface area contributed by atoms with E-state index >= 15 is 0 Å². The Kier molecular flexibility index (Phi) is 5.56. The highest BCUT2D eigenvalue weighted by molar-refractivity contribution is 5.96. The summed E-state index contributed by atoms with van der Waals surface area (Å²) in [6, 6.07) is 10.5. The number of nitro benzene ring substituents is 1. The molecule has 0 aliphatic carbocycles. The Balaban J connectivity index is 1.48. The van der Waals surface area contributed by atoms with Crippen molar-refractivity contribution in [1.82, 2.24) is 24.5 Å². The zero-order chi connectivity index (χ0) is 23.7. The van der Waals surface area contributed by atoms with Crippen molar-refractivity contribution in [2.75, 3.05) is 6.54 Å². The Morgan fingerprint density at radius 1 is 1.18 bits per heavy atom. The Morgan fingerprint density at radius 2 is 1.97 bits per heavy atom. The number of ether oxygens (including phenoxy) is 1. The quantitative estimate of drug-likeness (QED) is 0.262. The smallest absolute Gasteiger partial charge is 0.325 e. The van der Waals surface area contributed by atoms with Gasteiger partial charge in [0.05, 0.1) is 15.8 Å². The first-order valence-electron chi connectivity index (χ1n) is 9.78. The normalized spacial score (nSPS) is 11.0. The zero-order valence-corrected chi connectivity index (χ0v) is 17.6. The van der Waals surface area contributed by atoms with Crippen LogP contribution in [0.4, 0.5) is 5.69 Å². The number of hydrogen-bond acceptors (Lipinski definition) is 8. The van der Waals surface area contributed by atoms with Crippen LogP contribution in [0, 0.1) is 17.0 Å². The average molecular weight is 450 g/mol. The minimum atomic E-state index is -0.740. The molecule has 0 saturated heterocycles. The van der Waals surface area contributed by atoms with Crippen molar-refractivity contribution in [3.8, 4) is 0 Å². The number of amides is 1. The number of aromatic nitrogens is 4. The average Bonchev–Trinajstić information content (AvgIpc) is 3.23. The summed E-state index contributed by atoms with van der Waals surface area (Å²) in [4.78, 5) is 47.2. The molecule has 0 aliphatic rings. The molecule has 2 aromatic heterocycles. The second kappa shape index (κ2) is 8.49. The number of nitrogens with one attached hydrogen (secondary N) is 1. The van der Waals surface area contributed by atoms with E-state index in [1.54, 1.807) is 23.6 Å². The number of esters is 1. The number of hydrogen-bond donors (Lipinski definition) is 1. The molecule has 4 aromatic rings. The lowest BCUT2D eigenvalue weighted by atomic mass is 10.1. The predicted molar refractivity (Wildman–Crippen MR) is 116 cm³/mol. The summed E-state index contributed by atoms with van der Waals surface area (Å²) in [5, 5.41) is 21.7. The van der Waals surface area contributed by atoms with Crippen molar-refractivity contribution in [3.05, 3.63) is 79.9 Å². The predicted octanol–water partition coefficient (Wildman–Crippen LogP) is 1.27. The minimum absolute atomic E-state index is 0.0446. The van der Waals surface area contributed by atoms with Gasteiger partial charge in [-0.1, -0.05) is 17.7 Å². The van der Waals surface area contributed by atoms with Crippen LogP contribution in [-0.2, 0) is 23.2 Å². The van der Waals surface area contributed by atoms with Crippen LogP contribution in [-0.4, -0.2) is 42.5 Å². The van der Waals surface area contributed by atoms with Crippen LogP contribution in [0.5, 0.6) is 0 Å². The van der Waals surface area contributed by atoms with Gasteiger partial charge in [0.1, 0.15) is 6.54 Å². The molecule has 0 spiro atoms. The highest BCUT2D eigenvalue weighted by atomic mass is 16.6. The first-order valence-corrected chi connectivity index (χ1v) is 9.78. The number of nitro groups is 1. The molecule has 0 aliphatic heterocycles.